The maximum absolute atomic E-state index is 12.8. The molecule has 1 aliphatic rings. The first kappa shape index (κ1) is 15.0. The minimum Gasteiger partial charge on any atom is -0.336 e. The molecular weight excluding hydrogens is 252 g/mol. The molecule has 0 atom stereocenters. The maximum atomic E-state index is 12.8. The first-order valence-corrected chi connectivity index (χ1v) is 7.50. The van der Waals surface area contributed by atoms with E-state index in [2.05, 4.69) is 30.8 Å². The molecule has 1 aromatic rings. The number of carbonyl (C=O) groups is 1. The number of hydrogen-bond acceptors (Lipinski definition) is 3. The summed E-state index contributed by atoms with van der Waals surface area (Å²) in [6.07, 6.45) is 0. The number of carbonyl (C=O) groups excluding carboxylic acids is 1. The van der Waals surface area contributed by atoms with E-state index in [1.165, 1.54) is 0 Å². The molecule has 1 fully saturated rings. The molecule has 2 rings (SSSR count). The number of piperazine rings is 1. The normalized spacial score (nSPS) is 17.0. The van der Waals surface area contributed by atoms with Crippen molar-refractivity contribution in [3.05, 3.63) is 17.0 Å². The van der Waals surface area contributed by atoms with Crippen molar-refractivity contribution in [2.24, 2.45) is 7.05 Å². The van der Waals surface area contributed by atoms with E-state index in [1.807, 2.05) is 23.6 Å². The van der Waals surface area contributed by atoms with E-state index >= 15 is 0 Å². The predicted molar refractivity (Wildman–Crippen MR) is 80.1 cm³/mol. The van der Waals surface area contributed by atoms with Crippen molar-refractivity contribution in [2.45, 2.75) is 33.6 Å². The number of rotatable bonds is 3. The van der Waals surface area contributed by atoms with Gasteiger partial charge in [0.25, 0.3) is 5.91 Å². The van der Waals surface area contributed by atoms with Crippen LogP contribution >= 0.6 is 0 Å². The Morgan fingerprint density at radius 3 is 2.35 bits per heavy atom. The molecule has 0 bridgehead atoms. The van der Waals surface area contributed by atoms with E-state index in [0.717, 1.165) is 49.7 Å². The highest BCUT2D eigenvalue weighted by Gasteiger charge is 2.28. The molecule has 20 heavy (non-hydrogen) atoms. The standard InChI is InChI=1S/C15H26N4O/c1-6-18-7-9-19(10-8-18)15(20)13-12(4)16-17(5)14(13)11(2)3/h11H,6-10H2,1-5H3. The highest BCUT2D eigenvalue weighted by Crippen LogP contribution is 2.23. The third-order valence-electron chi connectivity index (χ3n) is 4.13. The van der Waals surface area contributed by atoms with Gasteiger partial charge in [0, 0.05) is 33.2 Å². The molecule has 0 radical (unpaired) electrons. The SMILES string of the molecule is CCN1CCN(C(=O)c2c(C)nn(C)c2C(C)C)CC1. The fourth-order valence-electron chi connectivity index (χ4n) is 3.03. The topological polar surface area (TPSA) is 41.4 Å². The molecule has 0 N–H and O–H groups in total. The molecule has 1 aliphatic heterocycles. The molecule has 0 aliphatic carbocycles. The fourth-order valence-corrected chi connectivity index (χ4v) is 3.03. The van der Waals surface area contributed by atoms with Gasteiger partial charge in [0.15, 0.2) is 0 Å². The number of aryl methyl sites for hydroxylation is 2. The summed E-state index contributed by atoms with van der Waals surface area (Å²) >= 11 is 0. The summed E-state index contributed by atoms with van der Waals surface area (Å²) in [4.78, 5) is 17.2. The average Bonchev–Trinajstić information content (AvgIpc) is 2.72. The molecule has 0 spiro atoms. The summed E-state index contributed by atoms with van der Waals surface area (Å²) in [7, 11) is 1.92. The highest BCUT2D eigenvalue weighted by atomic mass is 16.2. The van der Waals surface area contributed by atoms with Crippen LogP contribution in [0.3, 0.4) is 0 Å². The van der Waals surface area contributed by atoms with Crippen LogP contribution in [0.4, 0.5) is 0 Å². The molecule has 112 valence electrons. The quantitative estimate of drug-likeness (QED) is 0.844. The Morgan fingerprint density at radius 2 is 1.85 bits per heavy atom. The van der Waals surface area contributed by atoms with Gasteiger partial charge in [-0.2, -0.15) is 5.10 Å². The summed E-state index contributed by atoms with van der Waals surface area (Å²) in [5.74, 6) is 0.451. The van der Waals surface area contributed by atoms with E-state index in [9.17, 15) is 4.79 Å². The zero-order chi connectivity index (χ0) is 14.9. The van der Waals surface area contributed by atoms with Gasteiger partial charge in [-0.1, -0.05) is 20.8 Å². The lowest BCUT2D eigenvalue weighted by molar-refractivity contribution is 0.0641. The number of amides is 1. The Labute approximate surface area is 121 Å². The zero-order valence-electron chi connectivity index (χ0n) is 13.3. The fraction of sp³-hybridized carbons (Fsp3) is 0.733. The smallest absolute Gasteiger partial charge is 0.257 e. The van der Waals surface area contributed by atoms with Gasteiger partial charge in [0.05, 0.1) is 17.0 Å². The monoisotopic (exact) mass is 278 g/mol. The third-order valence-corrected chi connectivity index (χ3v) is 4.13. The molecular formula is C15H26N4O. The minimum absolute atomic E-state index is 0.148. The average molecular weight is 278 g/mol. The summed E-state index contributed by atoms with van der Waals surface area (Å²) in [6.45, 7) is 13.0. The van der Waals surface area contributed by atoms with Crippen molar-refractivity contribution in [3.63, 3.8) is 0 Å². The third kappa shape index (κ3) is 2.73. The molecule has 5 nitrogen and oxygen atoms in total. The lowest BCUT2D eigenvalue weighted by Gasteiger charge is -2.34. The maximum Gasteiger partial charge on any atom is 0.257 e. The first-order chi connectivity index (χ1) is 9.45. The van der Waals surface area contributed by atoms with Crippen molar-refractivity contribution >= 4 is 5.91 Å². The Morgan fingerprint density at radius 1 is 1.25 bits per heavy atom. The van der Waals surface area contributed by atoms with E-state index in [1.54, 1.807) is 0 Å². The summed E-state index contributed by atoms with van der Waals surface area (Å²) in [6, 6.07) is 0. The van der Waals surface area contributed by atoms with Crippen molar-refractivity contribution in [1.29, 1.82) is 0 Å². The molecule has 2 heterocycles. The van der Waals surface area contributed by atoms with Crippen LogP contribution in [-0.4, -0.2) is 58.2 Å². The molecule has 0 aromatic carbocycles. The highest BCUT2D eigenvalue weighted by molar-refractivity contribution is 5.96. The minimum atomic E-state index is 0.148. The summed E-state index contributed by atoms with van der Waals surface area (Å²) < 4.78 is 1.86. The van der Waals surface area contributed by atoms with E-state index in [-0.39, 0.29) is 5.91 Å². The lowest BCUT2D eigenvalue weighted by Crippen LogP contribution is -2.48. The van der Waals surface area contributed by atoms with Gasteiger partial charge in [0.1, 0.15) is 0 Å². The van der Waals surface area contributed by atoms with Gasteiger partial charge in [-0.05, 0) is 19.4 Å². The van der Waals surface area contributed by atoms with Crippen LogP contribution in [0.15, 0.2) is 0 Å². The largest absolute Gasteiger partial charge is 0.336 e. The van der Waals surface area contributed by atoms with Crippen molar-refractivity contribution in [2.75, 3.05) is 32.7 Å². The molecule has 1 amide bonds. The molecule has 0 unspecified atom stereocenters. The van der Waals surface area contributed by atoms with Crippen LogP contribution in [0.2, 0.25) is 0 Å². The second-order valence-electron chi connectivity index (χ2n) is 5.85. The number of nitrogens with zero attached hydrogens (tertiary/aromatic N) is 4. The van der Waals surface area contributed by atoms with Crippen molar-refractivity contribution in [1.82, 2.24) is 19.6 Å². The van der Waals surface area contributed by atoms with Gasteiger partial charge in [-0.25, -0.2) is 0 Å². The van der Waals surface area contributed by atoms with E-state index in [0.29, 0.717) is 5.92 Å². The van der Waals surface area contributed by atoms with Gasteiger partial charge >= 0.3 is 0 Å². The predicted octanol–water partition coefficient (Wildman–Crippen LogP) is 1.63. The number of aromatic nitrogens is 2. The van der Waals surface area contributed by atoms with Crippen LogP contribution in [-0.2, 0) is 7.05 Å². The number of likely N-dealkylation sites (N-methyl/N-ethyl adjacent to an activating group) is 1. The van der Waals surface area contributed by atoms with Gasteiger partial charge in [0.2, 0.25) is 0 Å². The summed E-state index contributed by atoms with van der Waals surface area (Å²) in [5.41, 5.74) is 2.71. The Bertz CT molecular complexity index is 484. The van der Waals surface area contributed by atoms with Crippen LogP contribution < -0.4 is 0 Å². The van der Waals surface area contributed by atoms with Crippen molar-refractivity contribution < 1.29 is 4.79 Å². The van der Waals surface area contributed by atoms with Crippen molar-refractivity contribution in [3.8, 4) is 0 Å². The second-order valence-corrected chi connectivity index (χ2v) is 5.85. The Balaban J connectivity index is 2.22. The van der Waals surface area contributed by atoms with Crippen LogP contribution in [0.5, 0.6) is 0 Å². The molecule has 5 heteroatoms. The lowest BCUT2D eigenvalue weighted by atomic mass is 10.0. The van der Waals surface area contributed by atoms with Crippen LogP contribution in [0.25, 0.3) is 0 Å². The van der Waals surface area contributed by atoms with E-state index < -0.39 is 0 Å². The van der Waals surface area contributed by atoms with Crippen LogP contribution in [0.1, 0.15) is 48.4 Å². The number of hydrogen-bond donors (Lipinski definition) is 0. The van der Waals surface area contributed by atoms with Gasteiger partial charge in [-0.15, -0.1) is 0 Å². The molecule has 0 saturated carbocycles. The van der Waals surface area contributed by atoms with E-state index in [4.69, 9.17) is 0 Å². The Hall–Kier alpha value is -1.36. The molecule has 1 saturated heterocycles. The second kappa shape index (κ2) is 5.95. The zero-order valence-corrected chi connectivity index (χ0v) is 13.3. The molecule has 1 aromatic heterocycles. The first-order valence-electron chi connectivity index (χ1n) is 7.50. The van der Waals surface area contributed by atoms with Gasteiger partial charge < -0.3 is 9.80 Å². The summed E-state index contributed by atoms with van der Waals surface area (Å²) in [5, 5.41) is 4.44. The van der Waals surface area contributed by atoms with Crippen LogP contribution in [0, 0.1) is 6.92 Å². The van der Waals surface area contributed by atoms with Gasteiger partial charge in [-0.3, -0.25) is 9.48 Å². The Kier molecular flexibility index (Phi) is 4.48.